The van der Waals surface area contributed by atoms with E-state index >= 15 is 0 Å². The van der Waals surface area contributed by atoms with Crippen LogP contribution in [0.5, 0.6) is 11.5 Å². The number of nitrogens with one attached hydrogen (secondary N) is 1. The summed E-state index contributed by atoms with van der Waals surface area (Å²) in [6.45, 7) is 4.79. The van der Waals surface area contributed by atoms with Crippen LogP contribution in [0.2, 0.25) is 0 Å². The summed E-state index contributed by atoms with van der Waals surface area (Å²) in [5.41, 5.74) is 3.37. The van der Waals surface area contributed by atoms with Crippen molar-refractivity contribution in [2.75, 3.05) is 58.8 Å². The molecule has 0 radical (unpaired) electrons. The maximum atomic E-state index is 12.9. The van der Waals surface area contributed by atoms with Gasteiger partial charge in [0.1, 0.15) is 11.5 Å². The first-order chi connectivity index (χ1) is 15.8. The summed E-state index contributed by atoms with van der Waals surface area (Å²) in [7, 11) is 1.60. The van der Waals surface area contributed by atoms with Crippen LogP contribution >= 0.6 is 0 Å². The standard InChI is InChI=1S/C23H30N4O5S/c1-24-33(29,30)18-6-4-17(5-7-18)32-23(28)27-11-10-19-20(16-27)21(8-9-22(19)31-3)26-14-12-25(2)13-15-26/h4-9,24H,10-16H2,1-3H3. The quantitative estimate of drug-likeness (QED) is 0.708. The number of hydrogen-bond acceptors (Lipinski definition) is 7. The van der Waals surface area contributed by atoms with Crippen molar-refractivity contribution >= 4 is 21.8 Å². The lowest BCUT2D eigenvalue weighted by atomic mass is 9.96. The summed E-state index contributed by atoms with van der Waals surface area (Å²) in [6.07, 6.45) is 0.214. The zero-order chi connectivity index (χ0) is 23.6. The van der Waals surface area contributed by atoms with E-state index in [1.165, 1.54) is 31.3 Å². The molecule has 10 heteroatoms. The smallest absolute Gasteiger partial charge is 0.415 e. The van der Waals surface area contributed by atoms with Crippen LogP contribution in [0.1, 0.15) is 11.1 Å². The molecule has 0 saturated carbocycles. The second kappa shape index (κ2) is 9.58. The lowest BCUT2D eigenvalue weighted by molar-refractivity contribution is 0.146. The maximum absolute atomic E-state index is 12.9. The average molecular weight is 475 g/mol. The highest BCUT2D eigenvalue weighted by atomic mass is 32.2. The highest BCUT2D eigenvalue weighted by molar-refractivity contribution is 7.89. The molecule has 33 heavy (non-hydrogen) atoms. The second-order valence-electron chi connectivity index (χ2n) is 8.25. The molecule has 178 valence electrons. The van der Waals surface area contributed by atoms with Crippen LogP contribution in [0.25, 0.3) is 0 Å². The molecule has 1 fully saturated rings. The SMILES string of the molecule is CNS(=O)(=O)c1ccc(OC(=O)N2CCc3c(OC)ccc(N4CCN(C)CC4)c3C2)cc1. The predicted molar refractivity (Wildman–Crippen MR) is 126 cm³/mol. The summed E-state index contributed by atoms with van der Waals surface area (Å²) in [4.78, 5) is 19.4. The van der Waals surface area contributed by atoms with E-state index in [4.69, 9.17) is 9.47 Å². The van der Waals surface area contributed by atoms with Crippen LogP contribution in [0.15, 0.2) is 41.3 Å². The van der Waals surface area contributed by atoms with Gasteiger partial charge in [-0.25, -0.2) is 17.9 Å². The van der Waals surface area contributed by atoms with Gasteiger partial charge in [-0.1, -0.05) is 0 Å². The van der Waals surface area contributed by atoms with Gasteiger partial charge in [-0.3, -0.25) is 0 Å². The number of anilines is 1. The summed E-state index contributed by atoms with van der Waals surface area (Å²) in [6, 6.07) is 9.89. The van der Waals surface area contributed by atoms with E-state index in [1.807, 2.05) is 6.07 Å². The van der Waals surface area contributed by atoms with Crippen molar-refractivity contribution < 1.29 is 22.7 Å². The molecule has 0 atom stereocenters. The zero-order valence-corrected chi connectivity index (χ0v) is 20.0. The fourth-order valence-corrected chi connectivity index (χ4v) is 5.02. The van der Waals surface area contributed by atoms with E-state index in [0.29, 0.717) is 25.3 Å². The van der Waals surface area contributed by atoms with Crippen molar-refractivity contribution in [3.63, 3.8) is 0 Å². The predicted octanol–water partition coefficient (Wildman–Crippen LogP) is 1.91. The third-order valence-electron chi connectivity index (χ3n) is 6.27. The fraction of sp³-hybridized carbons (Fsp3) is 0.435. The Morgan fingerprint density at radius 1 is 0.970 bits per heavy atom. The largest absolute Gasteiger partial charge is 0.496 e. The van der Waals surface area contributed by atoms with Gasteiger partial charge in [-0.05, 0) is 56.9 Å². The minimum absolute atomic E-state index is 0.112. The number of nitrogens with zero attached hydrogens (tertiary/aromatic N) is 3. The van der Waals surface area contributed by atoms with Crippen molar-refractivity contribution in [1.82, 2.24) is 14.5 Å². The van der Waals surface area contributed by atoms with Crippen LogP contribution in [0.3, 0.4) is 0 Å². The number of fused-ring (bicyclic) bond motifs is 1. The number of amides is 1. The number of carbonyl (C=O) groups excluding carboxylic acids is 1. The molecule has 0 unspecified atom stereocenters. The lowest BCUT2D eigenvalue weighted by Crippen LogP contribution is -2.45. The molecule has 2 heterocycles. The number of carbonyl (C=O) groups is 1. The van der Waals surface area contributed by atoms with Crippen molar-refractivity contribution in [1.29, 1.82) is 0 Å². The third kappa shape index (κ3) is 4.92. The topological polar surface area (TPSA) is 91.4 Å². The van der Waals surface area contributed by atoms with E-state index < -0.39 is 16.1 Å². The van der Waals surface area contributed by atoms with Gasteiger partial charge in [0, 0.05) is 49.5 Å². The highest BCUT2D eigenvalue weighted by Gasteiger charge is 2.29. The molecule has 2 aliphatic rings. The summed E-state index contributed by atoms with van der Waals surface area (Å²) in [5, 5.41) is 0. The molecular weight excluding hydrogens is 444 g/mol. The van der Waals surface area contributed by atoms with Gasteiger partial charge in [0.15, 0.2) is 0 Å². The van der Waals surface area contributed by atoms with Gasteiger partial charge in [0.05, 0.1) is 18.6 Å². The summed E-state index contributed by atoms with van der Waals surface area (Å²) < 4.78 is 37.2. The molecule has 1 N–H and O–H groups in total. The molecule has 1 saturated heterocycles. The number of ether oxygens (including phenoxy) is 2. The molecule has 2 aliphatic heterocycles. The van der Waals surface area contributed by atoms with E-state index in [-0.39, 0.29) is 4.90 Å². The monoisotopic (exact) mass is 474 g/mol. The Morgan fingerprint density at radius 2 is 1.67 bits per heavy atom. The Kier molecular flexibility index (Phi) is 6.78. The molecule has 0 bridgehead atoms. The molecule has 2 aromatic rings. The Hall–Kier alpha value is -2.82. The number of rotatable bonds is 5. The number of sulfonamides is 1. The van der Waals surface area contributed by atoms with Crippen molar-refractivity contribution in [3.05, 3.63) is 47.5 Å². The summed E-state index contributed by atoms with van der Waals surface area (Å²) >= 11 is 0. The van der Waals surface area contributed by atoms with Crippen molar-refractivity contribution in [2.24, 2.45) is 0 Å². The molecule has 9 nitrogen and oxygen atoms in total. The van der Waals surface area contributed by atoms with Crippen molar-refractivity contribution in [3.8, 4) is 11.5 Å². The van der Waals surface area contributed by atoms with Crippen LogP contribution in [-0.2, 0) is 23.0 Å². The number of methoxy groups -OCH3 is 1. The number of likely N-dealkylation sites (N-methyl/N-ethyl adjacent to an activating group) is 1. The molecule has 1 amide bonds. The molecule has 0 aliphatic carbocycles. The van der Waals surface area contributed by atoms with Crippen LogP contribution in [0.4, 0.5) is 10.5 Å². The number of piperazine rings is 1. The Balaban J connectivity index is 1.52. The van der Waals surface area contributed by atoms with E-state index in [9.17, 15) is 13.2 Å². The first-order valence-electron chi connectivity index (χ1n) is 10.9. The van der Waals surface area contributed by atoms with Gasteiger partial charge >= 0.3 is 6.09 Å². The van der Waals surface area contributed by atoms with E-state index in [2.05, 4.69) is 27.6 Å². The van der Waals surface area contributed by atoms with Gasteiger partial charge < -0.3 is 24.2 Å². The Labute approximate surface area is 194 Å². The number of benzene rings is 2. The fourth-order valence-electron chi connectivity index (χ4n) is 4.29. The summed E-state index contributed by atoms with van der Waals surface area (Å²) in [5.74, 6) is 1.14. The molecule has 0 aromatic heterocycles. The normalized spacial score (nSPS) is 16.9. The Bertz CT molecular complexity index is 1110. The highest BCUT2D eigenvalue weighted by Crippen LogP contribution is 2.36. The second-order valence-corrected chi connectivity index (χ2v) is 10.1. The van der Waals surface area contributed by atoms with Gasteiger partial charge in [0.25, 0.3) is 0 Å². The van der Waals surface area contributed by atoms with Crippen molar-refractivity contribution in [2.45, 2.75) is 17.9 Å². The van der Waals surface area contributed by atoms with E-state index in [1.54, 1.807) is 12.0 Å². The van der Waals surface area contributed by atoms with Gasteiger partial charge in [-0.15, -0.1) is 0 Å². The maximum Gasteiger partial charge on any atom is 0.415 e. The molecule has 0 spiro atoms. The zero-order valence-electron chi connectivity index (χ0n) is 19.2. The molecule has 2 aromatic carbocycles. The van der Waals surface area contributed by atoms with Crippen LogP contribution in [0, 0.1) is 0 Å². The van der Waals surface area contributed by atoms with Crippen LogP contribution in [-0.4, -0.2) is 78.2 Å². The third-order valence-corrected chi connectivity index (χ3v) is 7.70. The number of hydrogen-bond donors (Lipinski definition) is 1. The Morgan fingerprint density at radius 3 is 2.30 bits per heavy atom. The van der Waals surface area contributed by atoms with Gasteiger partial charge in [-0.2, -0.15) is 0 Å². The minimum Gasteiger partial charge on any atom is -0.496 e. The minimum atomic E-state index is -3.54. The average Bonchev–Trinajstić information content (AvgIpc) is 2.84. The molecule has 4 rings (SSSR count). The first kappa shape index (κ1) is 23.3. The molecular formula is C23H30N4O5S. The van der Waals surface area contributed by atoms with Gasteiger partial charge in [0.2, 0.25) is 10.0 Å². The lowest BCUT2D eigenvalue weighted by Gasteiger charge is -2.38. The van der Waals surface area contributed by atoms with Crippen LogP contribution < -0.4 is 19.1 Å². The first-order valence-corrected chi connectivity index (χ1v) is 12.4. The van der Waals surface area contributed by atoms with E-state index in [0.717, 1.165) is 48.7 Å².